The van der Waals surface area contributed by atoms with Gasteiger partial charge < -0.3 is 20.3 Å². The number of carboxylic acid groups (broad SMARTS) is 2. The van der Waals surface area contributed by atoms with Crippen LogP contribution in [0, 0.1) is 0 Å². The van der Waals surface area contributed by atoms with E-state index < -0.39 is 11.9 Å². The van der Waals surface area contributed by atoms with Crippen LogP contribution in [0.4, 0.5) is 0 Å². The predicted molar refractivity (Wildman–Crippen MR) is 79.5 cm³/mol. The highest BCUT2D eigenvalue weighted by Crippen LogP contribution is 2.08. The van der Waals surface area contributed by atoms with E-state index in [4.69, 9.17) is 36.1 Å². The van der Waals surface area contributed by atoms with Crippen LogP contribution in [0.1, 0.15) is 18.9 Å². The van der Waals surface area contributed by atoms with Crippen LogP contribution in [-0.2, 0) is 20.9 Å². The average molecular weight is 318 g/mol. The molecule has 0 saturated carbocycles. The minimum absolute atomic E-state index is 0.787. The van der Waals surface area contributed by atoms with Crippen molar-refractivity contribution in [1.29, 1.82) is 0 Å². The zero-order valence-corrected chi connectivity index (χ0v) is 12.6. The van der Waals surface area contributed by atoms with E-state index in [-0.39, 0.29) is 0 Å². The Kier molecular flexibility index (Phi) is 11.2. The Morgan fingerprint density at radius 2 is 1.76 bits per heavy atom. The molecular weight excluding hydrogens is 298 g/mol. The summed E-state index contributed by atoms with van der Waals surface area (Å²) in [4.78, 5) is 18.2. The monoisotopic (exact) mass is 317 g/mol. The number of carbonyl (C=O) groups is 2. The molecule has 0 aliphatic rings. The molecule has 21 heavy (non-hydrogen) atoms. The Labute approximate surface area is 128 Å². The van der Waals surface area contributed by atoms with Crippen LogP contribution in [0.3, 0.4) is 0 Å². The van der Waals surface area contributed by atoms with E-state index in [0.29, 0.717) is 0 Å². The van der Waals surface area contributed by atoms with Crippen LogP contribution in [0.5, 0.6) is 0 Å². The van der Waals surface area contributed by atoms with Gasteiger partial charge in [-0.2, -0.15) is 0 Å². The molecule has 1 aromatic rings. The van der Waals surface area contributed by atoms with Crippen molar-refractivity contribution >= 4 is 23.5 Å². The first kappa shape index (κ1) is 19.4. The largest absolute Gasteiger partial charge is 0.473 e. The van der Waals surface area contributed by atoms with Gasteiger partial charge in [-0.3, -0.25) is 0 Å². The van der Waals surface area contributed by atoms with Gasteiger partial charge in [-0.25, -0.2) is 9.59 Å². The molecule has 0 amide bonds. The predicted octanol–water partition coefficient (Wildman–Crippen LogP) is 2.01. The fourth-order valence-corrected chi connectivity index (χ4v) is 1.40. The Morgan fingerprint density at radius 1 is 1.19 bits per heavy atom. The number of nitrogens with one attached hydrogen (secondary N) is 1. The van der Waals surface area contributed by atoms with Crippen molar-refractivity contribution in [1.82, 2.24) is 5.32 Å². The molecule has 1 aromatic carbocycles. The summed E-state index contributed by atoms with van der Waals surface area (Å²) in [5.41, 5.74) is 1.26. The maximum absolute atomic E-state index is 9.10. The first-order valence-corrected chi connectivity index (χ1v) is 6.84. The van der Waals surface area contributed by atoms with Crippen molar-refractivity contribution in [2.75, 3.05) is 19.8 Å². The summed E-state index contributed by atoms with van der Waals surface area (Å²) in [6, 6.07) is 7.91. The lowest BCUT2D eigenvalue weighted by Crippen LogP contribution is -2.16. The average Bonchev–Trinajstić information content (AvgIpc) is 2.45. The summed E-state index contributed by atoms with van der Waals surface area (Å²) in [5, 5.41) is 18.9. The lowest BCUT2D eigenvalue weighted by Gasteiger charge is -2.05. The van der Waals surface area contributed by atoms with E-state index in [1.54, 1.807) is 0 Å². The number of hydrogen-bond donors (Lipinski definition) is 3. The van der Waals surface area contributed by atoms with Crippen molar-refractivity contribution in [3.8, 4) is 0 Å². The van der Waals surface area contributed by atoms with E-state index in [0.717, 1.165) is 37.7 Å². The number of hydrogen-bond acceptors (Lipinski definition) is 4. The van der Waals surface area contributed by atoms with Gasteiger partial charge in [0.25, 0.3) is 0 Å². The highest BCUT2D eigenvalue weighted by molar-refractivity contribution is 6.30. The lowest BCUT2D eigenvalue weighted by molar-refractivity contribution is -0.159. The minimum atomic E-state index is -1.82. The minimum Gasteiger partial charge on any atom is -0.473 e. The Balaban J connectivity index is 0.000000567. The molecule has 0 aromatic heterocycles. The molecule has 0 bridgehead atoms. The molecule has 0 fully saturated rings. The van der Waals surface area contributed by atoms with Crippen molar-refractivity contribution in [3.63, 3.8) is 0 Å². The van der Waals surface area contributed by atoms with E-state index >= 15 is 0 Å². The molecule has 3 N–H and O–H groups in total. The number of rotatable bonds is 7. The summed E-state index contributed by atoms with van der Waals surface area (Å²) in [6.45, 7) is 5.54. The number of aliphatic carboxylic acids is 2. The summed E-state index contributed by atoms with van der Waals surface area (Å²) >= 11 is 5.79. The zero-order valence-electron chi connectivity index (χ0n) is 11.8. The van der Waals surface area contributed by atoms with Crippen molar-refractivity contribution in [3.05, 3.63) is 34.9 Å². The van der Waals surface area contributed by atoms with E-state index in [1.165, 1.54) is 5.56 Å². The molecule has 0 saturated heterocycles. The molecule has 6 nitrogen and oxygen atoms in total. The maximum atomic E-state index is 9.10. The van der Waals surface area contributed by atoms with Crippen molar-refractivity contribution in [2.45, 2.75) is 19.9 Å². The molecular formula is C14H20ClNO5. The van der Waals surface area contributed by atoms with Crippen molar-refractivity contribution < 1.29 is 24.5 Å². The quantitative estimate of drug-likeness (QED) is 0.526. The summed E-state index contributed by atoms with van der Waals surface area (Å²) in [5.74, 6) is -3.65. The van der Waals surface area contributed by atoms with Crippen LogP contribution in [0.2, 0.25) is 5.02 Å². The highest BCUT2D eigenvalue weighted by atomic mass is 35.5. The van der Waals surface area contributed by atoms with E-state index in [2.05, 4.69) is 5.32 Å². The third kappa shape index (κ3) is 11.9. The third-order valence-corrected chi connectivity index (χ3v) is 2.52. The van der Waals surface area contributed by atoms with Gasteiger partial charge in [0.2, 0.25) is 0 Å². The molecule has 0 heterocycles. The number of carboxylic acids is 2. The normalized spacial score (nSPS) is 9.62. The van der Waals surface area contributed by atoms with Gasteiger partial charge >= 0.3 is 11.9 Å². The SMILES string of the molecule is CCOCCCNCc1ccc(Cl)cc1.O=C(O)C(=O)O. The molecule has 0 atom stereocenters. The van der Waals surface area contributed by atoms with Gasteiger partial charge in [0.1, 0.15) is 0 Å². The Bertz CT molecular complexity index is 410. The molecule has 0 aliphatic carbocycles. The highest BCUT2D eigenvalue weighted by Gasteiger charge is 2.04. The first-order chi connectivity index (χ1) is 9.97. The standard InChI is InChI=1S/C12H18ClNO.C2H2O4/c1-2-15-9-3-8-14-10-11-4-6-12(13)7-5-11;3-1(4)2(5)6/h4-7,14H,2-3,8-10H2,1H3;(H,3,4)(H,5,6). The fraction of sp³-hybridized carbons (Fsp3) is 0.429. The van der Waals surface area contributed by atoms with Crippen LogP contribution in [0.25, 0.3) is 0 Å². The molecule has 0 spiro atoms. The van der Waals surface area contributed by atoms with Gasteiger partial charge in [-0.15, -0.1) is 0 Å². The second kappa shape index (κ2) is 12.1. The first-order valence-electron chi connectivity index (χ1n) is 6.46. The molecule has 1 rings (SSSR count). The van der Waals surface area contributed by atoms with Gasteiger partial charge in [0.05, 0.1) is 0 Å². The number of benzene rings is 1. The molecule has 7 heteroatoms. The zero-order chi connectivity index (χ0) is 16.1. The number of ether oxygens (including phenoxy) is 1. The maximum Gasteiger partial charge on any atom is 0.414 e. The van der Waals surface area contributed by atoms with E-state index in [1.807, 2.05) is 31.2 Å². The van der Waals surface area contributed by atoms with Gasteiger partial charge in [0.15, 0.2) is 0 Å². The molecule has 0 unspecified atom stereocenters. The van der Waals surface area contributed by atoms with Crippen LogP contribution >= 0.6 is 11.6 Å². The topological polar surface area (TPSA) is 95.9 Å². The van der Waals surface area contributed by atoms with Gasteiger partial charge in [0, 0.05) is 24.8 Å². The van der Waals surface area contributed by atoms with Crippen LogP contribution in [-0.4, -0.2) is 41.9 Å². The summed E-state index contributed by atoms with van der Waals surface area (Å²) < 4.78 is 5.24. The smallest absolute Gasteiger partial charge is 0.414 e. The van der Waals surface area contributed by atoms with Gasteiger partial charge in [-0.05, 0) is 37.6 Å². The second-order valence-corrected chi connectivity index (χ2v) is 4.40. The summed E-state index contributed by atoms with van der Waals surface area (Å²) in [7, 11) is 0. The Hall–Kier alpha value is -1.63. The lowest BCUT2D eigenvalue weighted by atomic mass is 10.2. The second-order valence-electron chi connectivity index (χ2n) is 3.96. The summed E-state index contributed by atoms with van der Waals surface area (Å²) in [6.07, 6.45) is 1.06. The van der Waals surface area contributed by atoms with Crippen LogP contribution in [0.15, 0.2) is 24.3 Å². The van der Waals surface area contributed by atoms with Crippen molar-refractivity contribution in [2.24, 2.45) is 0 Å². The molecule has 118 valence electrons. The molecule has 0 aliphatic heterocycles. The fourth-order valence-electron chi connectivity index (χ4n) is 1.28. The van der Waals surface area contributed by atoms with E-state index in [9.17, 15) is 0 Å². The third-order valence-electron chi connectivity index (χ3n) is 2.27. The number of halogens is 1. The van der Waals surface area contributed by atoms with Gasteiger partial charge in [-0.1, -0.05) is 23.7 Å². The molecule has 0 radical (unpaired) electrons. The van der Waals surface area contributed by atoms with Crippen LogP contribution < -0.4 is 5.32 Å². The Morgan fingerprint density at radius 3 is 2.24 bits per heavy atom.